The number of hydrogen-bond donors (Lipinski definition) is 0. The first-order valence-corrected chi connectivity index (χ1v) is 8.36. The zero-order valence-electron chi connectivity index (χ0n) is 13.6. The fourth-order valence-corrected chi connectivity index (χ4v) is 3.46. The Bertz CT molecular complexity index is 685. The van der Waals surface area contributed by atoms with Gasteiger partial charge in [0.15, 0.2) is 0 Å². The number of nitrogens with zero attached hydrogens (tertiary/aromatic N) is 5. The van der Waals surface area contributed by atoms with Crippen LogP contribution in [0.15, 0.2) is 36.4 Å². The highest BCUT2D eigenvalue weighted by Gasteiger charge is 2.33. The molecule has 5 heteroatoms. The third kappa shape index (κ3) is 3.07. The van der Waals surface area contributed by atoms with Gasteiger partial charge in [-0.05, 0) is 12.5 Å². The van der Waals surface area contributed by atoms with E-state index in [1.54, 1.807) is 0 Å². The van der Waals surface area contributed by atoms with Crippen molar-refractivity contribution in [2.75, 3.05) is 26.2 Å². The molecule has 0 bridgehead atoms. The largest absolute Gasteiger partial charge is 0.313 e. The predicted octanol–water partition coefficient (Wildman–Crippen LogP) is 1.80. The summed E-state index contributed by atoms with van der Waals surface area (Å²) in [5.41, 5.74) is 1.27. The first-order valence-electron chi connectivity index (χ1n) is 8.36. The molecule has 0 spiro atoms. The third-order valence-electron chi connectivity index (χ3n) is 4.90. The quantitative estimate of drug-likeness (QED) is 0.863. The summed E-state index contributed by atoms with van der Waals surface area (Å²) < 4.78 is 2.25. The van der Waals surface area contributed by atoms with Gasteiger partial charge in [0.05, 0.1) is 6.54 Å². The summed E-state index contributed by atoms with van der Waals surface area (Å²) in [7, 11) is 0. The normalized spacial score (nSPS) is 19.9. The number of rotatable bonds is 4. The van der Waals surface area contributed by atoms with Gasteiger partial charge in [-0.15, -0.1) is 10.2 Å². The molecule has 0 saturated carbocycles. The Morgan fingerprint density at radius 3 is 2.78 bits per heavy atom. The van der Waals surface area contributed by atoms with E-state index in [9.17, 15) is 0 Å². The van der Waals surface area contributed by atoms with Crippen LogP contribution in [0.5, 0.6) is 0 Å². The summed E-state index contributed by atoms with van der Waals surface area (Å²) in [6, 6.07) is 11.2. The molecule has 0 atom stereocenters. The second kappa shape index (κ2) is 6.26. The molecule has 1 fully saturated rings. The second-order valence-electron chi connectivity index (χ2n) is 6.47. The van der Waals surface area contributed by atoms with E-state index in [2.05, 4.69) is 67.0 Å². The van der Waals surface area contributed by atoms with Crippen molar-refractivity contribution >= 4 is 6.08 Å². The summed E-state index contributed by atoms with van der Waals surface area (Å²) in [5, 5.41) is 8.48. The zero-order chi connectivity index (χ0) is 15.6. The second-order valence-corrected chi connectivity index (χ2v) is 6.47. The first-order chi connectivity index (χ1) is 11.3. The molecular weight excluding hydrogens is 286 g/mol. The number of likely N-dealkylation sites (tertiary alicyclic amines) is 1. The maximum atomic E-state index is 4.30. The highest BCUT2D eigenvalue weighted by molar-refractivity contribution is 5.48. The average molecular weight is 309 g/mol. The van der Waals surface area contributed by atoms with Crippen LogP contribution in [0.1, 0.15) is 17.2 Å². The lowest BCUT2D eigenvalue weighted by Crippen LogP contribution is -2.60. The Balaban J connectivity index is 1.25. The van der Waals surface area contributed by atoms with Crippen molar-refractivity contribution in [3.63, 3.8) is 0 Å². The highest BCUT2D eigenvalue weighted by Crippen LogP contribution is 2.20. The fraction of sp³-hybridized carbons (Fsp3) is 0.444. The maximum Gasteiger partial charge on any atom is 0.147 e. The molecular formula is C18H23N5. The van der Waals surface area contributed by atoms with Crippen molar-refractivity contribution in [3.05, 3.63) is 53.6 Å². The number of fused-ring (bicyclic) bond motifs is 1. The van der Waals surface area contributed by atoms with Gasteiger partial charge >= 0.3 is 0 Å². The van der Waals surface area contributed by atoms with E-state index in [0.29, 0.717) is 6.04 Å². The molecule has 0 unspecified atom stereocenters. The van der Waals surface area contributed by atoms with Gasteiger partial charge in [-0.25, -0.2) is 0 Å². The highest BCUT2D eigenvalue weighted by atomic mass is 15.4. The molecule has 4 rings (SSSR count). The Hall–Kier alpha value is -1.98. The van der Waals surface area contributed by atoms with Gasteiger partial charge in [0.25, 0.3) is 0 Å². The minimum absolute atomic E-state index is 0.672. The van der Waals surface area contributed by atoms with Crippen LogP contribution in [0, 0.1) is 6.92 Å². The van der Waals surface area contributed by atoms with Crippen LogP contribution in [-0.4, -0.2) is 56.8 Å². The van der Waals surface area contributed by atoms with Gasteiger partial charge in [-0.1, -0.05) is 42.5 Å². The van der Waals surface area contributed by atoms with Crippen LogP contribution >= 0.6 is 0 Å². The lowest BCUT2D eigenvalue weighted by atomic mass is 10.1. The van der Waals surface area contributed by atoms with E-state index >= 15 is 0 Å². The van der Waals surface area contributed by atoms with Gasteiger partial charge in [0.2, 0.25) is 0 Å². The van der Waals surface area contributed by atoms with Crippen molar-refractivity contribution in [1.29, 1.82) is 0 Å². The molecule has 0 radical (unpaired) electrons. The minimum Gasteiger partial charge on any atom is -0.313 e. The van der Waals surface area contributed by atoms with E-state index in [4.69, 9.17) is 0 Å². The lowest BCUT2D eigenvalue weighted by Gasteiger charge is -2.46. The number of aromatic nitrogens is 3. The molecule has 23 heavy (non-hydrogen) atoms. The van der Waals surface area contributed by atoms with Crippen molar-refractivity contribution in [3.8, 4) is 0 Å². The molecule has 1 saturated heterocycles. The molecule has 1 aromatic heterocycles. The van der Waals surface area contributed by atoms with E-state index in [-0.39, 0.29) is 0 Å². The Morgan fingerprint density at radius 2 is 1.96 bits per heavy atom. The van der Waals surface area contributed by atoms with Crippen LogP contribution in [0.3, 0.4) is 0 Å². The van der Waals surface area contributed by atoms with Crippen LogP contribution in [-0.2, 0) is 13.1 Å². The Labute approximate surface area is 137 Å². The molecule has 2 aliphatic heterocycles. The standard InChI is InChI=1S/C18H23N5/c1-15-19-20-18-14-22(10-11-23(15)18)17-12-21(13-17)9-5-8-16-6-3-2-4-7-16/h2-8,17H,9-14H2,1H3. The van der Waals surface area contributed by atoms with E-state index < -0.39 is 0 Å². The summed E-state index contributed by atoms with van der Waals surface area (Å²) in [5.74, 6) is 2.16. The number of hydrogen-bond acceptors (Lipinski definition) is 4. The van der Waals surface area contributed by atoms with Crippen LogP contribution < -0.4 is 0 Å². The molecule has 3 heterocycles. The van der Waals surface area contributed by atoms with Gasteiger partial charge in [-0.2, -0.15) is 0 Å². The topological polar surface area (TPSA) is 37.2 Å². The van der Waals surface area contributed by atoms with Crippen LogP contribution in [0.2, 0.25) is 0 Å². The SMILES string of the molecule is Cc1nnc2n1CCN(C1CN(CC=Cc3ccccc3)C1)C2. The summed E-state index contributed by atoms with van der Waals surface area (Å²) in [6.45, 7) is 8.48. The smallest absolute Gasteiger partial charge is 0.147 e. The fourth-order valence-electron chi connectivity index (χ4n) is 3.46. The van der Waals surface area contributed by atoms with E-state index in [1.807, 2.05) is 6.92 Å². The molecule has 5 nitrogen and oxygen atoms in total. The molecule has 0 N–H and O–H groups in total. The molecule has 1 aromatic carbocycles. The molecule has 120 valence electrons. The maximum absolute atomic E-state index is 4.30. The van der Waals surface area contributed by atoms with Crippen LogP contribution in [0.4, 0.5) is 0 Å². The Morgan fingerprint density at radius 1 is 1.13 bits per heavy atom. The summed E-state index contributed by atoms with van der Waals surface area (Å²) in [4.78, 5) is 5.05. The molecule has 2 aromatic rings. The van der Waals surface area contributed by atoms with E-state index in [1.165, 1.54) is 5.56 Å². The van der Waals surface area contributed by atoms with E-state index in [0.717, 1.165) is 50.9 Å². The molecule has 0 aliphatic carbocycles. The van der Waals surface area contributed by atoms with Gasteiger partial charge < -0.3 is 4.57 Å². The third-order valence-corrected chi connectivity index (χ3v) is 4.90. The van der Waals surface area contributed by atoms with Crippen molar-refractivity contribution in [2.24, 2.45) is 0 Å². The molecule has 0 amide bonds. The Kier molecular flexibility index (Phi) is 3.97. The number of benzene rings is 1. The monoisotopic (exact) mass is 309 g/mol. The first kappa shape index (κ1) is 14.6. The lowest BCUT2D eigenvalue weighted by molar-refractivity contribution is 0.0247. The van der Waals surface area contributed by atoms with Crippen molar-refractivity contribution in [1.82, 2.24) is 24.6 Å². The number of aryl methyl sites for hydroxylation is 1. The zero-order valence-corrected chi connectivity index (χ0v) is 13.6. The van der Waals surface area contributed by atoms with Crippen molar-refractivity contribution < 1.29 is 0 Å². The van der Waals surface area contributed by atoms with Gasteiger partial charge in [-0.3, -0.25) is 9.80 Å². The average Bonchev–Trinajstić information content (AvgIpc) is 2.91. The molecule has 2 aliphatic rings. The minimum atomic E-state index is 0.672. The van der Waals surface area contributed by atoms with Crippen molar-refractivity contribution in [2.45, 2.75) is 26.1 Å². The van der Waals surface area contributed by atoms with Crippen LogP contribution in [0.25, 0.3) is 6.08 Å². The van der Waals surface area contributed by atoms with Gasteiger partial charge in [0, 0.05) is 38.8 Å². The summed E-state index contributed by atoms with van der Waals surface area (Å²) in [6.07, 6.45) is 4.47. The predicted molar refractivity (Wildman–Crippen MR) is 90.9 cm³/mol. The summed E-state index contributed by atoms with van der Waals surface area (Å²) >= 11 is 0. The van der Waals surface area contributed by atoms with Gasteiger partial charge in [0.1, 0.15) is 11.6 Å².